The van der Waals surface area contributed by atoms with E-state index in [-0.39, 0.29) is 6.61 Å². The number of nitrogens with one attached hydrogen (secondary N) is 1. The maximum atomic E-state index is 10.2. The lowest BCUT2D eigenvalue weighted by Gasteiger charge is -2.15. The molecule has 1 atom stereocenters. The molecule has 0 fully saturated rings. The van der Waals surface area contributed by atoms with E-state index in [0.717, 1.165) is 24.2 Å². The molecule has 148 valence electrons. The molecule has 0 saturated carbocycles. The topological polar surface area (TPSA) is 50.7 Å². The van der Waals surface area contributed by atoms with Crippen LogP contribution in [0.25, 0.3) is 0 Å². The van der Waals surface area contributed by atoms with Gasteiger partial charge in [0.25, 0.3) is 0 Å². The predicted octanol–water partition coefficient (Wildman–Crippen LogP) is 4.87. The van der Waals surface area contributed by atoms with Crippen molar-refractivity contribution in [2.24, 2.45) is 0 Å². The molecule has 0 heterocycles. The first-order chi connectivity index (χ1) is 13.2. The summed E-state index contributed by atoms with van der Waals surface area (Å²) in [5, 5.41) is 13.7. The van der Waals surface area contributed by atoms with Crippen LogP contribution in [0.1, 0.15) is 56.3 Å². The van der Waals surface area contributed by atoms with Crippen LogP contribution in [-0.4, -0.2) is 25.4 Å². The van der Waals surface area contributed by atoms with E-state index in [1.165, 1.54) is 32.1 Å². The summed E-state index contributed by atoms with van der Waals surface area (Å²) in [5.41, 5.74) is 2.01. The second-order valence-corrected chi connectivity index (χ2v) is 6.81. The molecular formula is C23H33NO3. The first-order valence-electron chi connectivity index (χ1n) is 9.98. The smallest absolute Gasteiger partial charge is 0.161 e. The highest BCUT2D eigenvalue weighted by molar-refractivity contribution is 5.43. The van der Waals surface area contributed by atoms with E-state index in [1.807, 2.05) is 48.5 Å². The van der Waals surface area contributed by atoms with Crippen LogP contribution in [0.15, 0.2) is 48.5 Å². The van der Waals surface area contributed by atoms with Gasteiger partial charge in [-0.1, -0.05) is 69.0 Å². The molecule has 0 aliphatic rings. The number of benzene rings is 2. The third kappa shape index (κ3) is 7.61. The van der Waals surface area contributed by atoms with E-state index < -0.39 is 6.10 Å². The lowest BCUT2D eigenvalue weighted by atomic mass is 10.1. The van der Waals surface area contributed by atoms with Gasteiger partial charge in [0.2, 0.25) is 0 Å². The Hall–Kier alpha value is -2.04. The van der Waals surface area contributed by atoms with E-state index >= 15 is 0 Å². The molecule has 0 unspecified atom stereocenters. The van der Waals surface area contributed by atoms with Gasteiger partial charge < -0.3 is 19.9 Å². The lowest BCUT2D eigenvalue weighted by molar-refractivity contribution is 0.106. The van der Waals surface area contributed by atoms with Gasteiger partial charge in [0.05, 0.1) is 7.11 Å². The fourth-order valence-corrected chi connectivity index (χ4v) is 2.97. The average molecular weight is 372 g/mol. The highest BCUT2D eigenvalue weighted by Crippen LogP contribution is 2.29. The van der Waals surface area contributed by atoms with Gasteiger partial charge in [0.1, 0.15) is 12.7 Å². The number of ether oxygens (including phenoxy) is 2. The Kier molecular flexibility index (Phi) is 9.74. The van der Waals surface area contributed by atoms with Gasteiger partial charge in [-0.05, 0) is 36.2 Å². The fourth-order valence-electron chi connectivity index (χ4n) is 2.97. The van der Waals surface area contributed by atoms with Gasteiger partial charge in [0.15, 0.2) is 11.5 Å². The third-order valence-corrected chi connectivity index (χ3v) is 4.60. The van der Waals surface area contributed by atoms with Crippen molar-refractivity contribution >= 4 is 0 Å². The Balaban J connectivity index is 1.79. The van der Waals surface area contributed by atoms with E-state index in [2.05, 4.69) is 12.2 Å². The number of aliphatic hydroxyl groups excluding tert-OH is 1. The van der Waals surface area contributed by atoms with Crippen LogP contribution in [0.2, 0.25) is 0 Å². The average Bonchev–Trinajstić information content (AvgIpc) is 2.72. The Morgan fingerprint density at radius 3 is 2.48 bits per heavy atom. The van der Waals surface area contributed by atoms with Crippen molar-refractivity contribution < 1.29 is 14.6 Å². The summed E-state index contributed by atoms with van der Waals surface area (Å²) in [5.74, 6) is 1.34. The van der Waals surface area contributed by atoms with Gasteiger partial charge in [-0.15, -0.1) is 0 Å². The van der Waals surface area contributed by atoms with Gasteiger partial charge in [-0.3, -0.25) is 0 Å². The summed E-state index contributed by atoms with van der Waals surface area (Å²) in [6.45, 7) is 4.28. The van der Waals surface area contributed by atoms with Crippen molar-refractivity contribution in [2.45, 2.75) is 51.7 Å². The minimum absolute atomic E-state index is 0.190. The molecule has 4 nitrogen and oxygen atoms in total. The van der Waals surface area contributed by atoms with Crippen LogP contribution >= 0.6 is 0 Å². The normalized spacial score (nSPS) is 12.0. The summed E-state index contributed by atoms with van der Waals surface area (Å²) < 4.78 is 11.2. The first kappa shape index (κ1) is 21.3. The molecule has 0 bridgehead atoms. The zero-order valence-electron chi connectivity index (χ0n) is 16.6. The molecule has 2 aromatic rings. The van der Waals surface area contributed by atoms with Crippen LogP contribution in [0.5, 0.6) is 11.5 Å². The zero-order valence-corrected chi connectivity index (χ0v) is 16.6. The molecule has 0 aliphatic carbocycles. The summed E-state index contributed by atoms with van der Waals surface area (Å²) in [6.07, 6.45) is 5.79. The molecular weight excluding hydrogens is 338 g/mol. The molecule has 2 N–H and O–H groups in total. The highest BCUT2D eigenvalue weighted by Gasteiger charge is 2.11. The van der Waals surface area contributed by atoms with E-state index in [9.17, 15) is 5.11 Å². The van der Waals surface area contributed by atoms with Crippen molar-refractivity contribution in [3.63, 3.8) is 0 Å². The second-order valence-electron chi connectivity index (χ2n) is 6.81. The largest absolute Gasteiger partial charge is 0.493 e. The van der Waals surface area contributed by atoms with E-state index in [0.29, 0.717) is 11.5 Å². The Morgan fingerprint density at radius 2 is 1.74 bits per heavy atom. The monoisotopic (exact) mass is 371 g/mol. The molecule has 4 heteroatoms. The lowest BCUT2D eigenvalue weighted by Crippen LogP contribution is -2.15. The van der Waals surface area contributed by atoms with Crippen molar-refractivity contribution in [1.82, 2.24) is 5.32 Å². The molecule has 2 rings (SSSR count). The molecule has 0 radical (unpaired) electrons. The standard InChI is InChI=1S/C23H33NO3/c1-3-4-5-6-10-15-24-17-19-13-14-22(23(16-19)26-2)27-18-21(25)20-11-8-7-9-12-20/h7-9,11-14,16,21,24-25H,3-6,10,15,17-18H2,1-2H3/t21-/m1/s1. The van der Waals surface area contributed by atoms with Gasteiger partial charge in [0, 0.05) is 6.54 Å². The van der Waals surface area contributed by atoms with Gasteiger partial charge in [-0.2, -0.15) is 0 Å². The number of hydrogen-bond donors (Lipinski definition) is 2. The Morgan fingerprint density at radius 1 is 0.963 bits per heavy atom. The SMILES string of the molecule is CCCCCCCNCc1ccc(OC[C@@H](O)c2ccccc2)c(OC)c1. The van der Waals surface area contributed by atoms with Crippen molar-refractivity contribution in [1.29, 1.82) is 0 Å². The Bertz CT molecular complexity index is 645. The molecule has 0 aromatic heterocycles. The van der Waals surface area contributed by atoms with Gasteiger partial charge in [-0.25, -0.2) is 0 Å². The maximum absolute atomic E-state index is 10.2. The summed E-state index contributed by atoms with van der Waals surface area (Å²) in [6, 6.07) is 15.5. The van der Waals surface area contributed by atoms with Crippen LogP contribution in [0.3, 0.4) is 0 Å². The minimum atomic E-state index is -0.662. The number of methoxy groups -OCH3 is 1. The van der Waals surface area contributed by atoms with Crippen LogP contribution in [0, 0.1) is 0 Å². The number of unbranched alkanes of at least 4 members (excludes halogenated alkanes) is 4. The van der Waals surface area contributed by atoms with Crippen LogP contribution < -0.4 is 14.8 Å². The first-order valence-corrected chi connectivity index (χ1v) is 9.98. The van der Waals surface area contributed by atoms with E-state index in [4.69, 9.17) is 9.47 Å². The van der Waals surface area contributed by atoms with Crippen molar-refractivity contribution in [2.75, 3.05) is 20.3 Å². The number of rotatable bonds is 13. The second kappa shape index (κ2) is 12.4. The summed E-state index contributed by atoms with van der Waals surface area (Å²) in [4.78, 5) is 0. The summed E-state index contributed by atoms with van der Waals surface area (Å²) in [7, 11) is 1.64. The quantitative estimate of drug-likeness (QED) is 0.493. The Labute approximate surface area is 163 Å². The molecule has 0 amide bonds. The summed E-state index contributed by atoms with van der Waals surface area (Å²) >= 11 is 0. The molecule has 27 heavy (non-hydrogen) atoms. The highest BCUT2D eigenvalue weighted by atomic mass is 16.5. The van der Waals surface area contributed by atoms with Crippen LogP contribution in [0.4, 0.5) is 0 Å². The molecule has 0 spiro atoms. The van der Waals surface area contributed by atoms with Crippen molar-refractivity contribution in [3.8, 4) is 11.5 Å². The van der Waals surface area contributed by atoms with Crippen molar-refractivity contribution in [3.05, 3.63) is 59.7 Å². The van der Waals surface area contributed by atoms with Gasteiger partial charge >= 0.3 is 0 Å². The maximum Gasteiger partial charge on any atom is 0.161 e. The minimum Gasteiger partial charge on any atom is -0.493 e. The predicted molar refractivity (Wildman–Crippen MR) is 110 cm³/mol. The molecule has 0 aliphatic heterocycles. The number of hydrogen-bond acceptors (Lipinski definition) is 4. The zero-order chi connectivity index (χ0) is 19.3. The third-order valence-electron chi connectivity index (χ3n) is 4.60. The van der Waals surface area contributed by atoms with Crippen LogP contribution in [-0.2, 0) is 6.54 Å². The molecule has 0 saturated heterocycles. The fraction of sp³-hybridized carbons (Fsp3) is 0.478. The van der Waals surface area contributed by atoms with E-state index in [1.54, 1.807) is 7.11 Å². The number of aliphatic hydroxyl groups is 1. The molecule has 2 aromatic carbocycles.